The highest BCUT2D eigenvalue weighted by Crippen LogP contribution is 2.42. The number of alkyl halides is 3. The van der Waals surface area contributed by atoms with Crippen LogP contribution in [-0.2, 0) is 0 Å². The summed E-state index contributed by atoms with van der Waals surface area (Å²) in [4.78, 5) is 0. The van der Waals surface area contributed by atoms with E-state index in [-0.39, 0.29) is 12.8 Å². The molecule has 0 aromatic heterocycles. The van der Waals surface area contributed by atoms with E-state index in [2.05, 4.69) is 12.2 Å². The highest BCUT2D eigenvalue weighted by atomic mass is 19.4. The van der Waals surface area contributed by atoms with E-state index in [9.17, 15) is 13.2 Å². The summed E-state index contributed by atoms with van der Waals surface area (Å²) < 4.78 is 40.1. The van der Waals surface area contributed by atoms with E-state index in [0.29, 0.717) is 25.3 Å². The molecule has 0 heterocycles. The van der Waals surface area contributed by atoms with Crippen LogP contribution in [0.1, 0.15) is 65.2 Å². The fourth-order valence-electron chi connectivity index (χ4n) is 3.03. The molecule has 0 aromatic rings. The number of halogens is 3. The van der Waals surface area contributed by atoms with Crippen LogP contribution in [0.25, 0.3) is 0 Å². The van der Waals surface area contributed by atoms with Crippen LogP contribution < -0.4 is 5.32 Å². The first kappa shape index (κ1) is 15.8. The number of rotatable bonds is 5. The molecule has 0 aliphatic heterocycles. The summed E-state index contributed by atoms with van der Waals surface area (Å²) in [5, 5.41) is 2.80. The topological polar surface area (TPSA) is 12.0 Å². The van der Waals surface area contributed by atoms with Crippen LogP contribution in [0.5, 0.6) is 0 Å². The number of hydrogen-bond donors (Lipinski definition) is 1. The van der Waals surface area contributed by atoms with Crippen molar-refractivity contribution in [2.75, 3.05) is 6.54 Å². The molecule has 0 amide bonds. The van der Waals surface area contributed by atoms with Gasteiger partial charge in [0.1, 0.15) is 5.54 Å². The summed E-state index contributed by atoms with van der Waals surface area (Å²) in [7, 11) is 0. The van der Waals surface area contributed by atoms with Gasteiger partial charge in [-0.25, -0.2) is 0 Å². The second-order valence-electron chi connectivity index (χ2n) is 5.59. The third-order valence-electron chi connectivity index (χ3n) is 4.15. The largest absolute Gasteiger partial charge is 0.406 e. The molecule has 1 N–H and O–H groups in total. The first-order chi connectivity index (χ1) is 8.45. The lowest BCUT2D eigenvalue weighted by molar-refractivity contribution is -0.201. The minimum absolute atomic E-state index is 0.247. The van der Waals surface area contributed by atoms with Gasteiger partial charge in [-0.1, -0.05) is 39.5 Å². The molecule has 4 heteroatoms. The summed E-state index contributed by atoms with van der Waals surface area (Å²) in [5.74, 6) is 0.489. The molecule has 1 saturated carbocycles. The van der Waals surface area contributed by atoms with Crippen molar-refractivity contribution in [2.24, 2.45) is 5.92 Å². The minimum Gasteiger partial charge on any atom is -0.304 e. The zero-order valence-corrected chi connectivity index (χ0v) is 11.6. The molecule has 1 fully saturated rings. The standard InChI is InChI=1S/C14H26F3N/c1-3-6-12-7-5-9-13(10-8-12,14(15,16)17)18-11-4-2/h12,18H,3-11H2,1-2H3. The van der Waals surface area contributed by atoms with Crippen molar-refractivity contribution in [1.82, 2.24) is 5.32 Å². The van der Waals surface area contributed by atoms with Gasteiger partial charge in [-0.2, -0.15) is 13.2 Å². The normalized spacial score (nSPS) is 30.2. The molecule has 0 bridgehead atoms. The van der Waals surface area contributed by atoms with Gasteiger partial charge in [-0.05, 0) is 38.1 Å². The van der Waals surface area contributed by atoms with Crippen molar-refractivity contribution < 1.29 is 13.2 Å². The van der Waals surface area contributed by atoms with Crippen molar-refractivity contribution in [3.8, 4) is 0 Å². The second kappa shape index (κ2) is 6.78. The molecule has 108 valence electrons. The van der Waals surface area contributed by atoms with Crippen LogP contribution in [0.15, 0.2) is 0 Å². The molecule has 0 spiro atoms. The zero-order valence-electron chi connectivity index (χ0n) is 11.6. The molecule has 1 aliphatic carbocycles. The third kappa shape index (κ3) is 3.87. The lowest BCUT2D eigenvalue weighted by Crippen LogP contribution is -2.56. The summed E-state index contributed by atoms with van der Waals surface area (Å²) in [5.41, 5.74) is -1.62. The Morgan fingerprint density at radius 2 is 1.83 bits per heavy atom. The SMILES string of the molecule is CCCNC1(C(F)(F)F)CCCC(CCC)CC1. The Labute approximate surface area is 109 Å². The summed E-state index contributed by atoms with van der Waals surface area (Å²) in [6.07, 6.45) is 1.63. The summed E-state index contributed by atoms with van der Waals surface area (Å²) in [6.45, 7) is 4.48. The average Bonchev–Trinajstić information content (AvgIpc) is 2.50. The maximum Gasteiger partial charge on any atom is 0.406 e. The summed E-state index contributed by atoms with van der Waals surface area (Å²) >= 11 is 0. The van der Waals surface area contributed by atoms with Crippen molar-refractivity contribution in [3.63, 3.8) is 0 Å². The Morgan fingerprint density at radius 1 is 1.11 bits per heavy atom. The van der Waals surface area contributed by atoms with Gasteiger partial charge in [0.15, 0.2) is 0 Å². The van der Waals surface area contributed by atoms with Crippen molar-refractivity contribution in [2.45, 2.75) is 76.9 Å². The predicted octanol–water partition coefficient (Wildman–Crippen LogP) is 4.67. The van der Waals surface area contributed by atoms with Crippen LogP contribution in [-0.4, -0.2) is 18.3 Å². The molecule has 1 aliphatic rings. The van der Waals surface area contributed by atoms with Crippen molar-refractivity contribution >= 4 is 0 Å². The van der Waals surface area contributed by atoms with E-state index in [4.69, 9.17) is 0 Å². The van der Waals surface area contributed by atoms with E-state index in [0.717, 1.165) is 25.7 Å². The molecule has 0 aromatic carbocycles. The van der Waals surface area contributed by atoms with E-state index in [1.807, 2.05) is 6.92 Å². The molecular weight excluding hydrogens is 239 g/mol. The van der Waals surface area contributed by atoms with Gasteiger partial charge in [-0.3, -0.25) is 0 Å². The van der Waals surface area contributed by atoms with Gasteiger partial charge in [0.25, 0.3) is 0 Å². The highest BCUT2D eigenvalue weighted by molar-refractivity contribution is 4.97. The highest BCUT2D eigenvalue weighted by Gasteiger charge is 2.54. The van der Waals surface area contributed by atoms with Crippen LogP contribution in [0.4, 0.5) is 13.2 Å². The van der Waals surface area contributed by atoms with Crippen LogP contribution >= 0.6 is 0 Å². The fraction of sp³-hybridized carbons (Fsp3) is 1.00. The fourth-order valence-corrected chi connectivity index (χ4v) is 3.03. The molecule has 0 saturated heterocycles. The molecule has 1 nitrogen and oxygen atoms in total. The maximum absolute atomic E-state index is 13.4. The van der Waals surface area contributed by atoms with E-state index in [1.54, 1.807) is 0 Å². The van der Waals surface area contributed by atoms with Gasteiger partial charge in [-0.15, -0.1) is 0 Å². The molecule has 18 heavy (non-hydrogen) atoms. The summed E-state index contributed by atoms with van der Waals surface area (Å²) in [6, 6.07) is 0. The van der Waals surface area contributed by atoms with Gasteiger partial charge in [0, 0.05) is 0 Å². The Morgan fingerprint density at radius 3 is 2.39 bits per heavy atom. The van der Waals surface area contributed by atoms with Crippen LogP contribution in [0, 0.1) is 5.92 Å². The first-order valence-electron chi connectivity index (χ1n) is 7.27. The second-order valence-corrected chi connectivity index (χ2v) is 5.59. The minimum atomic E-state index is -4.12. The Hall–Kier alpha value is -0.250. The molecule has 1 rings (SSSR count). The van der Waals surface area contributed by atoms with E-state index >= 15 is 0 Å². The van der Waals surface area contributed by atoms with E-state index in [1.165, 1.54) is 0 Å². The van der Waals surface area contributed by atoms with Crippen molar-refractivity contribution in [1.29, 1.82) is 0 Å². The van der Waals surface area contributed by atoms with Crippen LogP contribution in [0.3, 0.4) is 0 Å². The number of hydrogen-bond acceptors (Lipinski definition) is 1. The molecular formula is C14H26F3N. The van der Waals surface area contributed by atoms with Crippen LogP contribution in [0.2, 0.25) is 0 Å². The monoisotopic (exact) mass is 265 g/mol. The maximum atomic E-state index is 13.4. The van der Waals surface area contributed by atoms with Gasteiger partial charge < -0.3 is 5.32 Å². The van der Waals surface area contributed by atoms with E-state index < -0.39 is 11.7 Å². The third-order valence-corrected chi connectivity index (χ3v) is 4.15. The Bertz CT molecular complexity index is 240. The Balaban J connectivity index is 2.72. The lowest BCUT2D eigenvalue weighted by Gasteiger charge is -2.36. The lowest BCUT2D eigenvalue weighted by atomic mass is 9.88. The van der Waals surface area contributed by atoms with Crippen molar-refractivity contribution in [3.05, 3.63) is 0 Å². The molecule has 2 atom stereocenters. The zero-order chi connectivity index (χ0) is 13.6. The molecule has 0 radical (unpaired) electrons. The first-order valence-corrected chi connectivity index (χ1v) is 7.27. The van der Waals surface area contributed by atoms with Gasteiger partial charge in [0.2, 0.25) is 0 Å². The predicted molar refractivity (Wildman–Crippen MR) is 68.6 cm³/mol. The van der Waals surface area contributed by atoms with Gasteiger partial charge in [0.05, 0.1) is 0 Å². The molecule has 2 unspecified atom stereocenters. The van der Waals surface area contributed by atoms with Gasteiger partial charge >= 0.3 is 6.18 Å². The smallest absolute Gasteiger partial charge is 0.304 e. The number of nitrogens with one attached hydrogen (secondary N) is 1. The average molecular weight is 265 g/mol. The quantitative estimate of drug-likeness (QED) is 0.712. The Kier molecular flexibility index (Phi) is 5.96.